The smallest absolute Gasteiger partial charge is 0.227 e. The molecule has 0 radical (unpaired) electrons. The third-order valence-corrected chi connectivity index (χ3v) is 4.97. The van der Waals surface area contributed by atoms with Crippen molar-refractivity contribution in [1.82, 2.24) is 9.80 Å². The van der Waals surface area contributed by atoms with Crippen LogP contribution in [0.5, 0.6) is 5.75 Å². The second-order valence-electron chi connectivity index (χ2n) is 6.41. The van der Waals surface area contributed by atoms with E-state index in [2.05, 4.69) is 6.07 Å². The zero-order chi connectivity index (χ0) is 16.4. The van der Waals surface area contributed by atoms with Gasteiger partial charge in [0.2, 0.25) is 11.8 Å². The molecule has 23 heavy (non-hydrogen) atoms. The number of hydrogen-bond acceptors (Lipinski definition) is 3. The molecule has 2 aliphatic rings. The van der Waals surface area contributed by atoms with Crippen molar-refractivity contribution in [1.29, 1.82) is 0 Å². The van der Waals surface area contributed by atoms with Crippen LogP contribution in [0.3, 0.4) is 0 Å². The molecule has 1 aromatic rings. The summed E-state index contributed by atoms with van der Waals surface area (Å²) in [6.07, 6.45) is 2.62. The highest BCUT2D eigenvalue weighted by Crippen LogP contribution is 2.29. The van der Waals surface area contributed by atoms with Crippen LogP contribution in [-0.4, -0.2) is 48.4 Å². The van der Waals surface area contributed by atoms with Gasteiger partial charge >= 0.3 is 0 Å². The van der Waals surface area contributed by atoms with Crippen molar-refractivity contribution in [2.45, 2.75) is 32.7 Å². The third-order valence-electron chi connectivity index (χ3n) is 4.97. The van der Waals surface area contributed by atoms with Crippen molar-refractivity contribution in [3.05, 3.63) is 29.3 Å². The van der Waals surface area contributed by atoms with Gasteiger partial charge in [-0.15, -0.1) is 0 Å². The van der Waals surface area contributed by atoms with Gasteiger partial charge in [-0.25, -0.2) is 0 Å². The van der Waals surface area contributed by atoms with E-state index in [0.29, 0.717) is 13.1 Å². The quantitative estimate of drug-likeness (QED) is 0.836. The van der Waals surface area contributed by atoms with Crippen molar-refractivity contribution in [2.24, 2.45) is 5.92 Å². The summed E-state index contributed by atoms with van der Waals surface area (Å²) >= 11 is 0. The largest absolute Gasteiger partial charge is 0.496 e. The van der Waals surface area contributed by atoms with Gasteiger partial charge in [0, 0.05) is 38.7 Å². The van der Waals surface area contributed by atoms with Crippen LogP contribution in [-0.2, 0) is 22.6 Å². The fourth-order valence-corrected chi connectivity index (χ4v) is 3.68. The molecule has 2 amide bonds. The fourth-order valence-electron chi connectivity index (χ4n) is 3.68. The Labute approximate surface area is 137 Å². The number of benzene rings is 1. The molecule has 2 heterocycles. The van der Waals surface area contributed by atoms with E-state index in [0.717, 1.165) is 38.1 Å². The molecule has 0 aliphatic carbocycles. The lowest BCUT2D eigenvalue weighted by molar-refractivity contribution is -0.140. The molecule has 1 fully saturated rings. The summed E-state index contributed by atoms with van der Waals surface area (Å²) in [6, 6.07) is 6.02. The lowest BCUT2D eigenvalue weighted by Crippen LogP contribution is -2.47. The third kappa shape index (κ3) is 3.19. The summed E-state index contributed by atoms with van der Waals surface area (Å²) in [5.41, 5.74) is 2.39. The van der Waals surface area contributed by atoms with Crippen LogP contribution < -0.4 is 4.74 Å². The number of amides is 2. The lowest BCUT2D eigenvalue weighted by Gasteiger charge is -2.36. The molecular weight excluding hydrogens is 292 g/mol. The van der Waals surface area contributed by atoms with Crippen LogP contribution >= 0.6 is 0 Å². The highest BCUT2D eigenvalue weighted by atomic mass is 16.5. The van der Waals surface area contributed by atoms with Crippen LogP contribution in [0.25, 0.3) is 0 Å². The Bertz CT molecular complexity index is 614. The topological polar surface area (TPSA) is 49.9 Å². The summed E-state index contributed by atoms with van der Waals surface area (Å²) in [5.74, 6) is 1.11. The number of carbonyl (C=O) groups excluding carboxylic acids is 2. The zero-order valence-electron chi connectivity index (χ0n) is 13.9. The summed E-state index contributed by atoms with van der Waals surface area (Å²) in [7, 11) is 1.69. The minimum atomic E-state index is -0.0557. The number of carbonyl (C=O) groups is 2. The van der Waals surface area contributed by atoms with Gasteiger partial charge in [-0.2, -0.15) is 0 Å². The van der Waals surface area contributed by atoms with Crippen LogP contribution in [0.2, 0.25) is 0 Å². The molecule has 1 atom stereocenters. The molecule has 0 spiro atoms. The second-order valence-corrected chi connectivity index (χ2v) is 6.41. The lowest BCUT2D eigenvalue weighted by atomic mass is 9.93. The van der Waals surface area contributed by atoms with Crippen LogP contribution in [0.15, 0.2) is 18.2 Å². The van der Waals surface area contributed by atoms with Gasteiger partial charge in [0.25, 0.3) is 0 Å². The number of ether oxygens (including phenoxy) is 1. The predicted molar refractivity (Wildman–Crippen MR) is 87.1 cm³/mol. The van der Waals surface area contributed by atoms with Crippen molar-refractivity contribution in [3.8, 4) is 5.75 Å². The molecule has 0 bridgehead atoms. The maximum Gasteiger partial charge on any atom is 0.227 e. The van der Waals surface area contributed by atoms with Gasteiger partial charge < -0.3 is 14.5 Å². The normalized spacial score (nSPS) is 20.9. The van der Waals surface area contributed by atoms with E-state index >= 15 is 0 Å². The van der Waals surface area contributed by atoms with Crippen molar-refractivity contribution in [3.63, 3.8) is 0 Å². The first kappa shape index (κ1) is 15.8. The van der Waals surface area contributed by atoms with Gasteiger partial charge in [0.05, 0.1) is 13.0 Å². The number of hydrogen-bond donors (Lipinski definition) is 0. The van der Waals surface area contributed by atoms with Crippen molar-refractivity contribution in [2.75, 3.05) is 26.7 Å². The number of piperidine rings is 1. The van der Waals surface area contributed by atoms with Gasteiger partial charge in [0.1, 0.15) is 5.75 Å². The SMILES string of the molecule is COc1cccc2c1CCN(C(=O)C1CCCN(C(C)=O)C1)C2. The first-order valence-corrected chi connectivity index (χ1v) is 8.29. The standard InChI is InChI=1S/C18H24N2O3/c1-13(21)19-9-4-6-15(12-19)18(22)20-10-8-16-14(11-20)5-3-7-17(16)23-2/h3,5,7,15H,4,6,8-12H2,1-2H3. The molecule has 124 valence electrons. The molecule has 0 N–H and O–H groups in total. The minimum Gasteiger partial charge on any atom is -0.496 e. The molecular formula is C18H24N2O3. The van der Waals surface area contributed by atoms with E-state index in [1.165, 1.54) is 11.1 Å². The summed E-state index contributed by atoms with van der Waals surface area (Å²) in [4.78, 5) is 28.1. The van der Waals surface area contributed by atoms with Crippen LogP contribution in [0, 0.1) is 5.92 Å². The van der Waals surface area contributed by atoms with Crippen LogP contribution in [0.4, 0.5) is 0 Å². The first-order valence-electron chi connectivity index (χ1n) is 8.29. The summed E-state index contributed by atoms with van der Waals surface area (Å²) in [6.45, 7) is 4.29. The number of rotatable bonds is 2. The van der Waals surface area contributed by atoms with Crippen molar-refractivity contribution < 1.29 is 14.3 Å². The van der Waals surface area contributed by atoms with Crippen molar-refractivity contribution >= 4 is 11.8 Å². The van der Waals surface area contributed by atoms with Gasteiger partial charge in [-0.3, -0.25) is 9.59 Å². The van der Waals surface area contributed by atoms with Gasteiger partial charge in [-0.05, 0) is 30.9 Å². The van der Waals surface area contributed by atoms with E-state index in [1.54, 1.807) is 18.9 Å². The number of fused-ring (bicyclic) bond motifs is 1. The molecule has 0 aromatic heterocycles. The van der Waals surface area contributed by atoms with Gasteiger partial charge in [0.15, 0.2) is 0 Å². The van der Waals surface area contributed by atoms with Gasteiger partial charge in [-0.1, -0.05) is 12.1 Å². The Morgan fingerprint density at radius 2 is 2.04 bits per heavy atom. The minimum absolute atomic E-state index is 0.0557. The molecule has 1 unspecified atom stereocenters. The van der Waals surface area contributed by atoms with E-state index in [-0.39, 0.29) is 17.7 Å². The van der Waals surface area contributed by atoms with E-state index in [9.17, 15) is 9.59 Å². The molecule has 1 aromatic carbocycles. The second kappa shape index (κ2) is 6.60. The Morgan fingerprint density at radius 3 is 2.78 bits per heavy atom. The maximum atomic E-state index is 12.8. The molecule has 5 heteroatoms. The van der Waals surface area contributed by atoms with Crippen LogP contribution in [0.1, 0.15) is 30.9 Å². The Morgan fingerprint density at radius 1 is 1.22 bits per heavy atom. The molecule has 0 saturated carbocycles. The average Bonchev–Trinajstić information content (AvgIpc) is 2.60. The number of nitrogens with zero attached hydrogens (tertiary/aromatic N) is 2. The number of likely N-dealkylation sites (tertiary alicyclic amines) is 1. The Hall–Kier alpha value is -2.04. The summed E-state index contributed by atoms with van der Waals surface area (Å²) in [5, 5.41) is 0. The monoisotopic (exact) mass is 316 g/mol. The zero-order valence-corrected chi connectivity index (χ0v) is 13.9. The number of methoxy groups -OCH3 is 1. The first-order chi connectivity index (χ1) is 11.1. The fraction of sp³-hybridized carbons (Fsp3) is 0.556. The van der Waals surface area contributed by atoms with E-state index in [4.69, 9.17) is 4.74 Å². The molecule has 5 nitrogen and oxygen atoms in total. The molecule has 1 saturated heterocycles. The van der Waals surface area contributed by atoms with E-state index < -0.39 is 0 Å². The molecule has 3 rings (SSSR count). The summed E-state index contributed by atoms with van der Waals surface area (Å²) < 4.78 is 5.42. The maximum absolute atomic E-state index is 12.8. The highest BCUT2D eigenvalue weighted by molar-refractivity contribution is 5.81. The van der Waals surface area contributed by atoms with E-state index in [1.807, 2.05) is 17.0 Å². The highest BCUT2D eigenvalue weighted by Gasteiger charge is 2.32. The Balaban J connectivity index is 1.70. The average molecular weight is 316 g/mol. The molecule has 2 aliphatic heterocycles. The predicted octanol–water partition coefficient (Wildman–Crippen LogP) is 1.84. The Kier molecular flexibility index (Phi) is 4.55.